The maximum absolute atomic E-state index is 10.8. The summed E-state index contributed by atoms with van der Waals surface area (Å²) in [5, 5.41) is 22.9. The molecule has 5 rings (SSSR count). The molecule has 4 nitrogen and oxygen atoms in total. The molecule has 0 radical (unpaired) electrons. The Morgan fingerprint density at radius 2 is 1.96 bits per heavy atom. The highest BCUT2D eigenvalue weighted by Gasteiger charge is 2.36. The predicted octanol–water partition coefficient (Wildman–Crippen LogP) is 6.30. The lowest BCUT2D eigenvalue weighted by Gasteiger charge is -2.35. The maximum Gasteiger partial charge on any atom is 0.202 e. The van der Waals surface area contributed by atoms with Gasteiger partial charge in [-0.25, -0.2) is 4.98 Å². The van der Waals surface area contributed by atoms with Crippen LogP contribution in [-0.2, 0) is 0 Å². The van der Waals surface area contributed by atoms with Crippen molar-refractivity contribution in [2.75, 3.05) is 0 Å². The van der Waals surface area contributed by atoms with Gasteiger partial charge in [0.05, 0.1) is 11.0 Å². The SMILES string of the molecule is CC1C2=C(CC(C)(C)C=C2)Oc2c(O)c(O)c3cc4cc(Br)ccc4nc3c21. The molecule has 2 heterocycles. The van der Waals surface area contributed by atoms with Gasteiger partial charge in [-0.05, 0) is 35.3 Å². The third-order valence-electron chi connectivity index (χ3n) is 5.75. The molecule has 0 fully saturated rings. The maximum atomic E-state index is 10.8. The number of benzene rings is 2. The molecule has 1 atom stereocenters. The average Bonchev–Trinajstić information content (AvgIpc) is 2.64. The van der Waals surface area contributed by atoms with Gasteiger partial charge < -0.3 is 14.9 Å². The average molecular weight is 438 g/mol. The van der Waals surface area contributed by atoms with Gasteiger partial charge in [0.1, 0.15) is 5.76 Å². The van der Waals surface area contributed by atoms with Crippen LogP contribution in [-0.4, -0.2) is 15.2 Å². The number of pyridine rings is 1. The molecule has 2 aromatic carbocycles. The summed E-state index contributed by atoms with van der Waals surface area (Å²) in [4.78, 5) is 4.83. The van der Waals surface area contributed by atoms with Gasteiger partial charge in [-0.1, -0.05) is 48.9 Å². The van der Waals surface area contributed by atoms with Crippen LogP contribution in [0.3, 0.4) is 0 Å². The van der Waals surface area contributed by atoms with Gasteiger partial charge >= 0.3 is 0 Å². The van der Waals surface area contributed by atoms with Crippen molar-refractivity contribution in [2.45, 2.75) is 33.1 Å². The van der Waals surface area contributed by atoms with Crippen LogP contribution in [0.25, 0.3) is 21.8 Å². The fraction of sp³-hybridized carbons (Fsp3) is 0.261. The van der Waals surface area contributed by atoms with Gasteiger partial charge in [-0.3, -0.25) is 0 Å². The lowest BCUT2D eigenvalue weighted by Crippen LogP contribution is -2.22. The first kappa shape index (κ1) is 17.6. The highest BCUT2D eigenvalue weighted by atomic mass is 79.9. The van der Waals surface area contributed by atoms with E-state index in [0.717, 1.165) is 38.7 Å². The Bertz CT molecular complexity index is 1240. The number of hydrogen-bond acceptors (Lipinski definition) is 4. The number of fused-ring (bicyclic) bond motifs is 4. The molecule has 3 aromatic rings. The molecule has 0 spiro atoms. The van der Waals surface area contributed by atoms with Gasteiger partial charge in [0, 0.05) is 33.1 Å². The number of nitrogens with zero attached hydrogens (tertiary/aromatic N) is 1. The summed E-state index contributed by atoms with van der Waals surface area (Å²) in [6.45, 7) is 6.41. The first-order chi connectivity index (χ1) is 13.2. The third kappa shape index (κ3) is 2.46. The largest absolute Gasteiger partial charge is 0.504 e. The van der Waals surface area contributed by atoms with Crippen LogP contribution in [0.2, 0.25) is 0 Å². The molecule has 0 bridgehead atoms. The summed E-state index contributed by atoms with van der Waals surface area (Å²) in [5.74, 6) is 0.771. The molecule has 0 saturated carbocycles. The van der Waals surface area contributed by atoms with Crippen LogP contribution in [0, 0.1) is 5.41 Å². The summed E-state index contributed by atoms with van der Waals surface area (Å²) in [6, 6.07) is 7.70. The van der Waals surface area contributed by atoms with Gasteiger partial charge in [-0.2, -0.15) is 0 Å². The van der Waals surface area contributed by atoms with Gasteiger partial charge in [0.2, 0.25) is 5.75 Å². The van der Waals surface area contributed by atoms with E-state index >= 15 is 0 Å². The van der Waals surface area contributed by atoms with Crippen molar-refractivity contribution in [3.05, 3.63) is 57.8 Å². The number of hydrogen-bond donors (Lipinski definition) is 2. The van der Waals surface area contributed by atoms with Crippen molar-refractivity contribution in [1.82, 2.24) is 4.98 Å². The number of rotatable bonds is 0. The minimum absolute atomic E-state index is 0.000461. The molecule has 2 N–H and O–H groups in total. The molecular formula is C23H20BrNO3. The third-order valence-corrected chi connectivity index (χ3v) is 6.24. The number of aromatic hydroxyl groups is 2. The molecule has 2 aliphatic rings. The van der Waals surface area contributed by atoms with E-state index in [2.05, 4.69) is 48.9 Å². The lowest BCUT2D eigenvalue weighted by molar-refractivity contribution is 0.298. The minimum atomic E-state index is -0.218. The quantitative estimate of drug-likeness (QED) is 0.320. The van der Waals surface area contributed by atoms with Crippen LogP contribution < -0.4 is 4.74 Å². The monoisotopic (exact) mass is 437 g/mol. The Balaban J connectivity index is 1.82. The molecule has 1 unspecified atom stereocenters. The Kier molecular flexibility index (Phi) is 3.60. The molecule has 0 saturated heterocycles. The van der Waals surface area contributed by atoms with Crippen molar-refractivity contribution >= 4 is 37.7 Å². The van der Waals surface area contributed by atoms with Crippen LogP contribution in [0.4, 0.5) is 0 Å². The van der Waals surface area contributed by atoms with E-state index in [-0.39, 0.29) is 22.8 Å². The highest BCUT2D eigenvalue weighted by molar-refractivity contribution is 9.10. The zero-order valence-electron chi connectivity index (χ0n) is 15.9. The van der Waals surface area contributed by atoms with Crippen molar-refractivity contribution in [2.24, 2.45) is 5.41 Å². The summed E-state index contributed by atoms with van der Waals surface area (Å²) in [5.41, 5.74) is 3.41. The first-order valence-corrected chi connectivity index (χ1v) is 10.1. The Morgan fingerprint density at radius 3 is 2.75 bits per heavy atom. The fourth-order valence-electron chi connectivity index (χ4n) is 4.25. The van der Waals surface area contributed by atoms with E-state index in [1.807, 2.05) is 24.3 Å². The molecular weight excluding hydrogens is 418 g/mol. The molecule has 0 amide bonds. The van der Waals surface area contributed by atoms with Crippen molar-refractivity contribution in [3.63, 3.8) is 0 Å². The number of halogens is 1. The van der Waals surface area contributed by atoms with Crippen molar-refractivity contribution < 1.29 is 14.9 Å². The predicted molar refractivity (Wildman–Crippen MR) is 114 cm³/mol. The van der Waals surface area contributed by atoms with Crippen molar-refractivity contribution in [1.29, 1.82) is 0 Å². The zero-order chi connectivity index (χ0) is 19.8. The van der Waals surface area contributed by atoms with Crippen molar-refractivity contribution in [3.8, 4) is 17.2 Å². The number of allylic oxidation sites excluding steroid dienone is 4. The van der Waals surface area contributed by atoms with E-state index in [4.69, 9.17) is 9.72 Å². The van der Waals surface area contributed by atoms with Gasteiger partial charge in [0.15, 0.2) is 11.5 Å². The van der Waals surface area contributed by atoms with E-state index in [1.54, 1.807) is 0 Å². The Hall–Kier alpha value is -2.53. The normalized spacial score (nSPS) is 20.2. The molecule has 1 aliphatic heterocycles. The number of phenolic OH excluding ortho intramolecular Hbond substituents is 2. The minimum Gasteiger partial charge on any atom is -0.504 e. The molecule has 142 valence electrons. The standard InChI is InChI=1S/C23H20BrNO3/c1-11-14-6-7-23(2,3)10-17(14)28-22-18(11)19-15(20(26)21(22)27)9-12-8-13(24)4-5-16(12)25-19/h4-9,11,26-27H,10H2,1-3H3. The van der Waals surface area contributed by atoms with E-state index < -0.39 is 0 Å². The van der Waals surface area contributed by atoms with Gasteiger partial charge in [0.25, 0.3) is 0 Å². The van der Waals surface area contributed by atoms with E-state index in [1.165, 1.54) is 0 Å². The second-order valence-corrected chi connectivity index (χ2v) is 9.28. The second kappa shape index (κ2) is 5.74. The summed E-state index contributed by atoms with van der Waals surface area (Å²) in [6.07, 6.45) is 5.08. The smallest absolute Gasteiger partial charge is 0.202 e. The highest BCUT2D eigenvalue weighted by Crippen LogP contribution is 2.54. The number of phenols is 2. The molecule has 1 aliphatic carbocycles. The zero-order valence-corrected chi connectivity index (χ0v) is 17.5. The molecule has 5 heteroatoms. The summed E-state index contributed by atoms with van der Waals surface area (Å²) in [7, 11) is 0. The van der Waals surface area contributed by atoms with E-state index in [0.29, 0.717) is 16.7 Å². The molecule has 1 aromatic heterocycles. The number of aromatic nitrogens is 1. The summed E-state index contributed by atoms with van der Waals surface area (Å²) < 4.78 is 7.10. The summed E-state index contributed by atoms with van der Waals surface area (Å²) >= 11 is 3.47. The second-order valence-electron chi connectivity index (χ2n) is 8.36. The van der Waals surface area contributed by atoms with Crippen LogP contribution in [0.5, 0.6) is 17.2 Å². The topological polar surface area (TPSA) is 62.6 Å². The molecule has 28 heavy (non-hydrogen) atoms. The fourth-order valence-corrected chi connectivity index (χ4v) is 4.63. The van der Waals surface area contributed by atoms with Crippen LogP contribution >= 0.6 is 15.9 Å². The Labute approximate surface area is 171 Å². The first-order valence-electron chi connectivity index (χ1n) is 9.33. The number of ether oxygens (including phenoxy) is 1. The van der Waals surface area contributed by atoms with Crippen LogP contribution in [0.15, 0.2) is 52.2 Å². The Morgan fingerprint density at radius 1 is 1.18 bits per heavy atom. The van der Waals surface area contributed by atoms with Gasteiger partial charge in [-0.15, -0.1) is 0 Å². The lowest BCUT2D eigenvalue weighted by atomic mass is 9.77. The van der Waals surface area contributed by atoms with E-state index in [9.17, 15) is 10.2 Å². The van der Waals surface area contributed by atoms with Crippen LogP contribution in [0.1, 0.15) is 38.7 Å².